The third-order valence-electron chi connectivity index (χ3n) is 2.16. The van der Waals surface area contributed by atoms with E-state index in [1.54, 1.807) is 0 Å². The summed E-state index contributed by atoms with van der Waals surface area (Å²) in [7, 11) is 0. The van der Waals surface area contributed by atoms with Crippen molar-refractivity contribution in [1.82, 2.24) is 4.98 Å². The first-order valence-electron chi connectivity index (χ1n) is 5.58. The van der Waals surface area contributed by atoms with Crippen LogP contribution >= 0.6 is 11.3 Å². The summed E-state index contributed by atoms with van der Waals surface area (Å²) in [6.07, 6.45) is -4.17. The maximum absolute atomic E-state index is 11.8. The minimum atomic E-state index is -4.35. The summed E-state index contributed by atoms with van der Waals surface area (Å²) < 4.78 is 40.0. The summed E-state index contributed by atoms with van der Waals surface area (Å²) in [6, 6.07) is 0. The van der Waals surface area contributed by atoms with Crippen LogP contribution in [0.3, 0.4) is 0 Å². The normalized spacial score (nSPS) is 12.1. The molecule has 0 radical (unpaired) electrons. The zero-order valence-electron chi connectivity index (χ0n) is 10.5. The van der Waals surface area contributed by atoms with Crippen LogP contribution in [0.1, 0.15) is 40.1 Å². The van der Waals surface area contributed by atoms with E-state index >= 15 is 0 Å². The van der Waals surface area contributed by atoms with Gasteiger partial charge in [-0.2, -0.15) is 13.2 Å². The number of hydrogen-bond acceptors (Lipinski definition) is 4. The number of carboxylic acid groups (broad SMARTS) is 1. The molecule has 0 spiro atoms. The van der Waals surface area contributed by atoms with Crippen LogP contribution in [0.15, 0.2) is 0 Å². The summed E-state index contributed by atoms with van der Waals surface area (Å²) in [5.74, 6) is -1.11. The van der Waals surface area contributed by atoms with Gasteiger partial charge in [0.1, 0.15) is 11.5 Å². The largest absolute Gasteiger partial charge is 0.477 e. The predicted molar refractivity (Wildman–Crippen MR) is 63.7 cm³/mol. The first kappa shape index (κ1) is 15.9. The van der Waals surface area contributed by atoms with E-state index in [1.165, 1.54) is 0 Å². The minimum Gasteiger partial charge on any atom is -0.477 e. The first-order chi connectivity index (χ1) is 8.70. The number of halogens is 3. The minimum absolute atomic E-state index is 0.0489. The smallest absolute Gasteiger partial charge is 0.411 e. The summed E-state index contributed by atoms with van der Waals surface area (Å²) in [5, 5.41) is 9.47. The number of alkyl halides is 3. The fourth-order valence-corrected chi connectivity index (χ4v) is 2.42. The highest BCUT2D eigenvalue weighted by molar-refractivity contribution is 7.13. The molecule has 0 aliphatic rings. The molecule has 0 saturated heterocycles. The highest BCUT2D eigenvalue weighted by atomic mass is 32.1. The number of thiazole rings is 1. The number of carboxylic acids is 1. The first-order valence-corrected chi connectivity index (χ1v) is 6.39. The molecular weight excluding hydrogens is 283 g/mol. The number of hydrogen-bond donors (Lipinski definition) is 1. The molecule has 4 nitrogen and oxygen atoms in total. The lowest BCUT2D eigenvalue weighted by Crippen LogP contribution is -2.17. The number of aromatic carboxylic acids is 1. The molecule has 0 fully saturated rings. The molecule has 19 heavy (non-hydrogen) atoms. The summed E-state index contributed by atoms with van der Waals surface area (Å²) in [4.78, 5) is 15.3. The van der Waals surface area contributed by atoms with E-state index in [4.69, 9.17) is 5.11 Å². The molecule has 0 aliphatic carbocycles. The number of rotatable bonds is 6. The van der Waals surface area contributed by atoms with Gasteiger partial charge in [-0.15, -0.1) is 11.3 Å². The molecule has 8 heteroatoms. The molecule has 1 heterocycles. The lowest BCUT2D eigenvalue weighted by Gasteiger charge is -2.06. The Morgan fingerprint density at radius 1 is 1.47 bits per heavy atom. The molecule has 108 valence electrons. The molecule has 0 atom stereocenters. The molecule has 0 aromatic carbocycles. The van der Waals surface area contributed by atoms with Crippen molar-refractivity contribution in [2.45, 2.75) is 32.4 Å². The van der Waals surface area contributed by atoms with E-state index in [1.807, 2.05) is 13.8 Å². The van der Waals surface area contributed by atoms with Gasteiger partial charge in [-0.3, -0.25) is 0 Å². The van der Waals surface area contributed by atoms with Gasteiger partial charge in [0.25, 0.3) is 0 Å². The van der Waals surface area contributed by atoms with E-state index in [2.05, 4.69) is 9.72 Å². The summed E-state index contributed by atoms with van der Waals surface area (Å²) in [6.45, 7) is 2.18. The lowest BCUT2D eigenvalue weighted by molar-refractivity contribution is -0.173. The number of carbonyl (C=O) groups is 1. The topological polar surface area (TPSA) is 59.4 Å². The van der Waals surface area contributed by atoms with E-state index in [0.29, 0.717) is 10.7 Å². The van der Waals surface area contributed by atoms with Crippen LogP contribution < -0.4 is 0 Å². The van der Waals surface area contributed by atoms with Gasteiger partial charge in [-0.05, 0) is 5.92 Å². The molecule has 0 unspecified atom stereocenters. The van der Waals surface area contributed by atoms with Gasteiger partial charge in [-0.25, -0.2) is 9.78 Å². The average Bonchev–Trinajstić information content (AvgIpc) is 2.67. The van der Waals surface area contributed by atoms with Crippen LogP contribution in [0, 0.1) is 0 Å². The van der Waals surface area contributed by atoms with Gasteiger partial charge in [0.15, 0.2) is 0 Å². The zero-order chi connectivity index (χ0) is 14.6. The Labute approximate surface area is 112 Å². The maximum Gasteiger partial charge on any atom is 0.411 e. The van der Waals surface area contributed by atoms with Crippen molar-refractivity contribution in [3.63, 3.8) is 0 Å². The SMILES string of the molecule is CC(C)c1nc(CCOCC(F)(F)F)sc1C(=O)O. The number of nitrogens with zero attached hydrogens (tertiary/aromatic N) is 1. The average molecular weight is 297 g/mol. The molecule has 1 rings (SSSR count). The van der Waals surface area contributed by atoms with Crippen LogP contribution in [0.4, 0.5) is 13.2 Å². The van der Waals surface area contributed by atoms with Crippen molar-refractivity contribution in [1.29, 1.82) is 0 Å². The summed E-state index contributed by atoms with van der Waals surface area (Å²) in [5.41, 5.74) is 0.461. The molecule has 1 N–H and O–H groups in total. The monoisotopic (exact) mass is 297 g/mol. The van der Waals surface area contributed by atoms with Crippen LogP contribution in [0.2, 0.25) is 0 Å². The third kappa shape index (κ3) is 5.15. The van der Waals surface area contributed by atoms with Crippen molar-refractivity contribution in [2.24, 2.45) is 0 Å². The molecule has 0 amide bonds. The van der Waals surface area contributed by atoms with Crippen LogP contribution in [-0.2, 0) is 11.2 Å². The van der Waals surface area contributed by atoms with E-state index < -0.39 is 18.8 Å². The van der Waals surface area contributed by atoms with Crippen molar-refractivity contribution >= 4 is 17.3 Å². The van der Waals surface area contributed by atoms with Crippen molar-refractivity contribution < 1.29 is 27.8 Å². The van der Waals surface area contributed by atoms with Gasteiger partial charge in [0, 0.05) is 6.42 Å². The molecule has 0 bridgehead atoms. The summed E-state index contributed by atoms with van der Waals surface area (Å²) >= 11 is 0.982. The Morgan fingerprint density at radius 2 is 2.11 bits per heavy atom. The second-order valence-electron chi connectivity index (χ2n) is 4.20. The fraction of sp³-hybridized carbons (Fsp3) is 0.636. The van der Waals surface area contributed by atoms with E-state index in [-0.39, 0.29) is 23.8 Å². The van der Waals surface area contributed by atoms with Gasteiger partial charge < -0.3 is 9.84 Å². The molecule has 0 saturated carbocycles. The second kappa shape index (κ2) is 6.33. The second-order valence-corrected chi connectivity index (χ2v) is 5.28. The Kier molecular flexibility index (Phi) is 5.30. The highest BCUT2D eigenvalue weighted by Crippen LogP contribution is 2.25. The molecule has 1 aromatic heterocycles. The molecular formula is C11H14F3NO3S. The van der Waals surface area contributed by atoms with Gasteiger partial charge in [0.2, 0.25) is 0 Å². The quantitative estimate of drug-likeness (QED) is 0.820. The maximum atomic E-state index is 11.8. The highest BCUT2D eigenvalue weighted by Gasteiger charge is 2.27. The van der Waals surface area contributed by atoms with Crippen LogP contribution in [-0.4, -0.2) is 35.4 Å². The van der Waals surface area contributed by atoms with Gasteiger partial charge in [-0.1, -0.05) is 13.8 Å². The van der Waals surface area contributed by atoms with E-state index in [9.17, 15) is 18.0 Å². The Balaban J connectivity index is 2.60. The van der Waals surface area contributed by atoms with Crippen molar-refractivity contribution in [3.8, 4) is 0 Å². The lowest BCUT2D eigenvalue weighted by atomic mass is 10.1. The zero-order valence-corrected chi connectivity index (χ0v) is 11.3. The van der Waals surface area contributed by atoms with Crippen LogP contribution in [0.5, 0.6) is 0 Å². The van der Waals surface area contributed by atoms with Gasteiger partial charge in [0.05, 0.1) is 17.3 Å². The molecule has 0 aliphatic heterocycles. The van der Waals surface area contributed by atoms with Crippen molar-refractivity contribution in [2.75, 3.05) is 13.2 Å². The Bertz CT molecular complexity index is 443. The predicted octanol–water partition coefficient (Wildman–Crippen LogP) is 3.09. The standard InChI is InChI=1S/C11H14F3NO3S/c1-6(2)8-9(10(16)17)19-7(15-8)3-4-18-5-11(12,13)14/h6H,3-5H2,1-2H3,(H,16,17). The number of ether oxygens (including phenoxy) is 1. The van der Waals surface area contributed by atoms with Gasteiger partial charge >= 0.3 is 12.1 Å². The molecule has 1 aromatic rings. The third-order valence-corrected chi connectivity index (χ3v) is 3.28. The Morgan fingerprint density at radius 3 is 2.53 bits per heavy atom. The van der Waals surface area contributed by atoms with Crippen molar-refractivity contribution in [3.05, 3.63) is 15.6 Å². The fourth-order valence-electron chi connectivity index (χ4n) is 1.38. The van der Waals surface area contributed by atoms with E-state index in [0.717, 1.165) is 11.3 Å². The Hall–Kier alpha value is -1.15. The number of aromatic nitrogens is 1. The van der Waals surface area contributed by atoms with Crippen LogP contribution in [0.25, 0.3) is 0 Å².